The van der Waals surface area contributed by atoms with E-state index in [-0.39, 0.29) is 0 Å². The standard InChI is InChI=1S/C17H21N3O/c1-3-14-9-13(11-19-15-6-7-15)10-17(20-14)21-16-5-4-8-18-12(16)2/h4-5,8-10,15,19H,3,6-7,11H2,1-2H3. The molecule has 1 aliphatic carbocycles. The van der Waals surface area contributed by atoms with Crippen molar-refractivity contribution in [3.63, 3.8) is 0 Å². The minimum atomic E-state index is 0.651. The highest BCUT2D eigenvalue weighted by Crippen LogP contribution is 2.24. The van der Waals surface area contributed by atoms with Crippen LogP contribution in [0.4, 0.5) is 0 Å². The molecular formula is C17H21N3O. The molecule has 0 spiro atoms. The number of pyridine rings is 2. The Morgan fingerprint density at radius 1 is 1.33 bits per heavy atom. The number of nitrogens with zero attached hydrogens (tertiary/aromatic N) is 2. The summed E-state index contributed by atoms with van der Waals surface area (Å²) in [6, 6.07) is 8.67. The maximum absolute atomic E-state index is 5.91. The van der Waals surface area contributed by atoms with Gasteiger partial charge in [0.1, 0.15) is 0 Å². The van der Waals surface area contributed by atoms with E-state index in [1.54, 1.807) is 6.20 Å². The van der Waals surface area contributed by atoms with Crippen LogP contribution in [-0.4, -0.2) is 16.0 Å². The molecule has 0 atom stereocenters. The van der Waals surface area contributed by atoms with Gasteiger partial charge in [-0.1, -0.05) is 6.92 Å². The van der Waals surface area contributed by atoms with Crippen LogP contribution in [0.5, 0.6) is 11.6 Å². The summed E-state index contributed by atoms with van der Waals surface area (Å²) in [6.07, 6.45) is 5.26. The van der Waals surface area contributed by atoms with Gasteiger partial charge in [0.05, 0.1) is 5.69 Å². The van der Waals surface area contributed by atoms with Crippen LogP contribution in [0.1, 0.15) is 36.7 Å². The van der Waals surface area contributed by atoms with Crippen molar-refractivity contribution in [1.29, 1.82) is 0 Å². The van der Waals surface area contributed by atoms with E-state index in [2.05, 4.69) is 28.3 Å². The number of aromatic nitrogens is 2. The second-order valence-corrected chi connectivity index (χ2v) is 5.50. The molecule has 2 aromatic heterocycles. The van der Waals surface area contributed by atoms with Gasteiger partial charge in [0.2, 0.25) is 5.88 Å². The van der Waals surface area contributed by atoms with Gasteiger partial charge in [0, 0.05) is 30.5 Å². The van der Waals surface area contributed by atoms with Gasteiger partial charge in [-0.25, -0.2) is 4.98 Å². The van der Waals surface area contributed by atoms with Crippen molar-refractivity contribution >= 4 is 0 Å². The molecule has 0 unspecified atom stereocenters. The second-order valence-electron chi connectivity index (χ2n) is 5.50. The SMILES string of the molecule is CCc1cc(CNC2CC2)cc(Oc2cccnc2C)n1. The first-order valence-corrected chi connectivity index (χ1v) is 7.57. The zero-order chi connectivity index (χ0) is 14.7. The van der Waals surface area contributed by atoms with Crippen LogP contribution in [-0.2, 0) is 13.0 Å². The minimum absolute atomic E-state index is 0.651. The summed E-state index contributed by atoms with van der Waals surface area (Å²) >= 11 is 0. The number of rotatable bonds is 6. The molecule has 110 valence electrons. The lowest BCUT2D eigenvalue weighted by Gasteiger charge is -2.11. The summed E-state index contributed by atoms with van der Waals surface area (Å²) in [7, 11) is 0. The smallest absolute Gasteiger partial charge is 0.219 e. The second kappa shape index (κ2) is 6.22. The molecule has 0 aliphatic heterocycles. The van der Waals surface area contributed by atoms with Crippen LogP contribution in [0.3, 0.4) is 0 Å². The van der Waals surface area contributed by atoms with Gasteiger partial charge in [-0.05, 0) is 49.9 Å². The molecule has 0 amide bonds. The summed E-state index contributed by atoms with van der Waals surface area (Å²) in [5.74, 6) is 1.41. The number of hydrogen-bond donors (Lipinski definition) is 1. The zero-order valence-electron chi connectivity index (χ0n) is 12.6. The highest BCUT2D eigenvalue weighted by molar-refractivity contribution is 5.32. The Hall–Kier alpha value is -1.94. The monoisotopic (exact) mass is 283 g/mol. The zero-order valence-corrected chi connectivity index (χ0v) is 12.6. The molecule has 1 fully saturated rings. The molecule has 0 saturated heterocycles. The van der Waals surface area contributed by atoms with Gasteiger partial charge in [0.25, 0.3) is 0 Å². The molecule has 2 aromatic rings. The quantitative estimate of drug-likeness (QED) is 0.882. The summed E-state index contributed by atoms with van der Waals surface area (Å²) in [6.45, 7) is 4.93. The van der Waals surface area contributed by atoms with Crippen LogP contribution >= 0.6 is 0 Å². The molecule has 1 aliphatic rings. The highest BCUT2D eigenvalue weighted by atomic mass is 16.5. The third-order valence-corrected chi connectivity index (χ3v) is 3.62. The fraction of sp³-hybridized carbons (Fsp3) is 0.412. The van der Waals surface area contributed by atoms with Crippen LogP contribution in [0, 0.1) is 6.92 Å². The van der Waals surface area contributed by atoms with Crippen LogP contribution < -0.4 is 10.1 Å². The molecule has 1 saturated carbocycles. The Balaban J connectivity index is 1.79. The lowest BCUT2D eigenvalue weighted by molar-refractivity contribution is 0.453. The van der Waals surface area contributed by atoms with Crippen molar-refractivity contribution in [1.82, 2.24) is 15.3 Å². The molecule has 2 heterocycles. The van der Waals surface area contributed by atoms with E-state index in [1.807, 2.05) is 25.1 Å². The molecule has 21 heavy (non-hydrogen) atoms. The predicted molar refractivity (Wildman–Crippen MR) is 82.5 cm³/mol. The first-order valence-electron chi connectivity index (χ1n) is 7.57. The van der Waals surface area contributed by atoms with E-state index in [4.69, 9.17) is 4.74 Å². The molecule has 0 aromatic carbocycles. The average molecular weight is 283 g/mol. The van der Waals surface area contributed by atoms with Crippen LogP contribution in [0.15, 0.2) is 30.5 Å². The lowest BCUT2D eigenvalue weighted by atomic mass is 10.2. The molecule has 4 nitrogen and oxygen atoms in total. The Morgan fingerprint density at radius 2 is 2.19 bits per heavy atom. The Labute approximate surface area is 125 Å². The van der Waals surface area contributed by atoms with E-state index in [9.17, 15) is 0 Å². The Bertz CT molecular complexity index is 623. The first kappa shape index (κ1) is 14.0. The summed E-state index contributed by atoms with van der Waals surface area (Å²) in [5, 5.41) is 3.53. The fourth-order valence-corrected chi connectivity index (χ4v) is 2.20. The number of nitrogens with one attached hydrogen (secondary N) is 1. The third kappa shape index (κ3) is 3.79. The highest BCUT2D eigenvalue weighted by Gasteiger charge is 2.20. The van der Waals surface area contributed by atoms with Gasteiger partial charge in [-0.15, -0.1) is 0 Å². The fourth-order valence-electron chi connectivity index (χ4n) is 2.20. The Kier molecular flexibility index (Phi) is 4.15. The topological polar surface area (TPSA) is 47.0 Å². The summed E-state index contributed by atoms with van der Waals surface area (Å²) in [4.78, 5) is 8.80. The predicted octanol–water partition coefficient (Wildman–Crippen LogP) is 3.39. The number of hydrogen-bond acceptors (Lipinski definition) is 4. The van der Waals surface area contributed by atoms with Crippen molar-refractivity contribution in [3.05, 3.63) is 47.4 Å². The van der Waals surface area contributed by atoms with E-state index in [0.29, 0.717) is 11.9 Å². The van der Waals surface area contributed by atoms with Gasteiger partial charge < -0.3 is 10.1 Å². The molecular weight excluding hydrogens is 262 g/mol. The number of ether oxygens (including phenoxy) is 1. The van der Waals surface area contributed by atoms with Gasteiger partial charge >= 0.3 is 0 Å². The van der Waals surface area contributed by atoms with Crippen LogP contribution in [0.2, 0.25) is 0 Å². The third-order valence-electron chi connectivity index (χ3n) is 3.62. The lowest BCUT2D eigenvalue weighted by Crippen LogP contribution is -2.15. The molecule has 0 bridgehead atoms. The first-order chi connectivity index (χ1) is 10.2. The number of aryl methyl sites for hydroxylation is 2. The molecule has 4 heteroatoms. The van der Waals surface area contributed by atoms with E-state index >= 15 is 0 Å². The van der Waals surface area contributed by atoms with Crippen molar-refractivity contribution in [3.8, 4) is 11.6 Å². The van der Waals surface area contributed by atoms with Gasteiger partial charge in [-0.3, -0.25) is 4.98 Å². The summed E-state index contributed by atoms with van der Waals surface area (Å²) < 4.78 is 5.91. The summed E-state index contributed by atoms with van der Waals surface area (Å²) in [5.41, 5.74) is 3.16. The van der Waals surface area contributed by atoms with Gasteiger partial charge in [-0.2, -0.15) is 0 Å². The molecule has 0 radical (unpaired) electrons. The molecule has 1 N–H and O–H groups in total. The minimum Gasteiger partial charge on any atom is -0.437 e. The van der Waals surface area contributed by atoms with Crippen molar-refractivity contribution in [2.24, 2.45) is 0 Å². The average Bonchev–Trinajstić information content (AvgIpc) is 3.31. The Morgan fingerprint density at radius 3 is 2.90 bits per heavy atom. The molecule has 3 rings (SSSR count). The maximum atomic E-state index is 5.91. The maximum Gasteiger partial charge on any atom is 0.219 e. The van der Waals surface area contributed by atoms with Crippen LogP contribution in [0.25, 0.3) is 0 Å². The van der Waals surface area contributed by atoms with Crippen molar-refractivity contribution in [2.75, 3.05) is 0 Å². The van der Waals surface area contributed by atoms with E-state index in [0.717, 1.165) is 30.1 Å². The largest absolute Gasteiger partial charge is 0.437 e. The normalized spacial score (nSPS) is 14.2. The van der Waals surface area contributed by atoms with Gasteiger partial charge in [0.15, 0.2) is 5.75 Å². The van der Waals surface area contributed by atoms with Crippen molar-refractivity contribution < 1.29 is 4.74 Å². The van der Waals surface area contributed by atoms with E-state index < -0.39 is 0 Å². The van der Waals surface area contributed by atoms with Crippen molar-refractivity contribution in [2.45, 2.75) is 45.7 Å². The van der Waals surface area contributed by atoms with E-state index in [1.165, 1.54) is 18.4 Å².